The molecule has 1 aromatic heterocycles. The van der Waals surface area contributed by atoms with Crippen molar-refractivity contribution in [3.05, 3.63) is 35.1 Å². The summed E-state index contributed by atoms with van der Waals surface area (Å²) in [5, 5.41) is 20.8. The lowest BCUT2D eigenvalue weighted by atomic mass is 10.2. The molecule has 6 nitrogen and oxygen atoms in total. The molecule has 1 aromatic carbocycles. The zero-order valence-electron chi connectivity index (χ0n) is 11.5. The third kappa shape index (κ3) is 3.61. The number of hydrogen-bond donors (Lipinski definition) is 2. The highest BCUT2D eigenvalue weighted by atomic mass is 35.5. The number of halogens is 1. The van der Waals surface area contributed by atoms with Gasteiger partial charge in [0.05, 0.1) is 37.3 Å². The first-order chi connectivity index (χ1) is 9.60. The molecule has 0 amide bonds. The van der Waals surface area contributed by atoms with Gasteiger partial charge < -0.3 is 15.3 Å². The molecule has 1 heterocycles. The van der Waals surface area contributed by atoms with E-state index in [0.29, 0.717) is 18.1 Å². The number of rotatable bonds is 6. The van der Waals surface area contributed by atoms with E-state index in [1.807, 2.05) is 43.4 Å². The normalized spacial score (nSPS) is 10.6. The minimum Gasteiger partial charge on any atom is -0.394 e. The Morgan fingerprint density at radius 2 is 2.20 bits per heavy atom. The summed E-state index contributed by atoms with van der Waals surface area (Å²) in [6.45, 7) is 1.05. The molecule has 0 fully saturated rings. The van der Waals surface area contributed by atoms with Crippen LogP contribution in [0.25, 0.3) is 0 Å². The van der Waals surface area contributed by atoms with Gasteiger partial charge in [0.1, 0.15) is 5.69 Å². The van der Waals surface area contributed by atoms with Gasteiger partial charge in [0.25, 0.3) is 0 Å². The van der Waals surface area contributed by atoms with Crippen molar-refractivity contribution in [3.63, 3.8) is 0 Å². The standard InChI is InChI=1S/C13H18ClN5O/c1-18(2)13-4-3-10(14)7-12(13)15-8-11-9-19(5-6-20)17-16-11/h3-4,7,9,15,20H,5-6,8H2,1-2H3. The van der Waals surface area contributed by atoms with Crippen LogP contribution in [0.4, 0.5) is 11.4 Å². The topological polar surface area (TPSA) is 66.2 Å². The van der Waals surface area contributed by atoms with E-state index in [-0.39, 0.29) is 6.61 Å². The number of aliphatic hydroxyl groups excluding tert-OH is 1. The largest absolute Gasteiger partial charge is 0.394 e. The number of anilines is 2. The van der Waals surface area contributed by atoms with Crippen LogP contribution in [0, 0.1) is 0 Å². The molecule has 20 heavy (non-hydrogen) atoms. The summed E-state index contributed by atoms with van der Waals surface area (Å²) in [5.74, 6) is 0. The first kappa shape index (κ1) is 14.6. The lowest BCUT2D eigenvalue weighted by molar-refractivity contribution is 0.268. The summed E-state index contributed by atoms with van der Waals surface area (Å²) in [5.41, 5.74) is 2.81. The van der Waals surface area contributed by atoms with Crippen molar-refractivity contribution in [3.8, 4) is 0 Å². The van der Waals surface area contributed by atoms with Crippen LogP contribution in [0.15, 0.2) is 24.4 Å². The predicted octanol–water partition coefficient (Wildman–Crippen LogP) is 1.60. The number of hydrogen-bond acceptors (Lipinski definition) is 5. The van der Waals surface area contributed by atoms with Crippen LogP contribution in [-0.4, -0.2) is 40.8 Å². The Hall–Kier alpha value is -1.79. The van der Waals surface area contributed by atoms with Crippen molar-refractivity contribution in [1.82, 2.24) is 15.0 Å². The minimum absolute atomic E-state index is 0.0509. The third-order valence-electron chi connectivity index (χ3n) is 2.82. The summed E-state index contributed by atoms with van der Waals surface area (Å²) in [6.07, 6.45) is 1.81. The Bertz CT molecular complexity index is 570. The Morgan fingerprint density at radius 3 is 2.90 bits per heavy atom. The van der Waals surface area contributed by atoms with Gasteiger partial charge in [-0.1, -0.05) is 16.8 Å². The van der Waals surface area contributed by atoms with Crippen molar-refractivity contribution < 1.29 is 5.11 Å². The Kier molecular flexibility index (Phi) is 4.81. The van der Waals surface area contributed by atoms with Crippen LogP contribution < -0.4 is 10.2 Å². The number of nitrogens with one attached hydrogen (secondary N) is 1. The quantitative estimate of drug-likeness (QED) is 0.847. The highest BCUT2D eigenvalue weighted by molar-refractivity contribution is 6.31. The van der Waals surface area contributed by atoms with E-state index in [9.17, 15) is 0 Å². The van der Waals surface area contributed by atoms with Gasteiger partial charge in [-0.05, 0) is 18.2 Å². The molecular weight excluding hydrogens is 278 g/mol. The molecule has 0 saturated heterocycles. The molecular formula is C13H18ClN5O. The van der Waals surface area contributed by atoms with E-state index in [1.165, 1.54) is 0 Å². The molecule has 0 unspecified atom stereocenters. The van der Waals surface area contributed by atoms with Gasteiger partial charge in [-0.3, -0.25) is 0 Å². The van der Waals surface area contributed by atoms with Gasteiger partial charge in [-0.15, -0.1) is 5.10 Å². The lowest BCUT2D eigenvalue weighted by Gasteiger charge is -2.18. The van der Waals surface area contributed by atoms with Crippen molar-refractivity contribution in [1.29, 1.82) is 0 Å². The average Bonchev–Trinajstić information content (AvgIpc) is 2.84. The predicted molar refractivity (Wildman–Crippen MR) is 80.2 cm³/mol. The highest BCUT2D eigenvalue weighted by Crippen LogP contribution is 2.28. The SMILES string of the molecule is CN(C)c1ccc(Cl)cc1NCc1cn(CCO)nn1. The molecule has 2 rings (SSSR count). The fraction of sp³-hybridized carbons (Fsp3) is 0.385. The Balaban J connectivity index is 2.07. The van der Waals surface area contributed by atoms with Crippen LogP contribution in [0.5, 0.6) is 0 Å². The van der Waals surface area contributed by atoms with Crippen LogP contribution in [-0.2, 0) is 13.1 Å². The smallest absolute Gasteiger partial charge is 0.102 e. The Morgan fingerprint density at radius 1 is 1.40 bits per heavy atom. The number of benzene rings is 1. The molecule has 0 saturated carbocycles. The van der Waals surface area contributed by atoms with E-state index in [2.05, 4.69) is 15.6 Å². The van der Waals surface area contributed by atoms with Gasteiger partial charge in [-0.25, -0.2) is 4.68 Å². The summed E-state index contributed by atoms with van der Waals surface area (Å²) >= 11 is 6.03. The summed E-state index contributed by atoms with van der Waals surface area (Å²) in [6, 6.07) is 5.71. The second-order valence-electron chi connectivity index (χ2n) is 4.61. The molecule has 0 aliphatic heterocycles. The second-order valence-corrected chi connectivity index (χ2v) is 5.04. The monoisotopic (exact) mass is 295 g/mol. The number of aliphatic hydroxyl groups is 1. The molecule has 0 atom stereocenters. The maximum Gasteiger partial charge on any atom is 0.102 e. The lowest BCUT2D eigenvalue weighted by Crippen LogP contribution is -2.12. The van der Waals surface area contributed by atoms with Gasteiger partial charge >= 0.3 is 0 Å². The summed E-state index contributed by atoms with van der Waals surface area (Å²) in [7, 11) is 3.96. The zero-order chi connectivity index (χ0) is 14.5. The minimum atomic E-state index is 0.0509. The van der Waals surface area contributed by atoms with E-state index in [4.69, 9.17) is 16.7 Å². The van der Waals surface area contributed by atoms with E-state index < -0.39 is 0 Å². The average molecular weight is 296 g/mol. The molecule has 0 radical (unpaired) electrons. The first-order valence-electron chi connectivity index (χ1n) is 6.31. The van der Waals surface area contributed by atoms with Crippen LogP contribution in [0.2, 0.25) is 5.02 Å². The highest BCUT2D eigenvalue weighted by Gasteiger charge is 2.06. The molecule has 2 N–H and O–H groups in total. The van der Waals surface area contributed by atoms with Crippen molar-refractivity contribution in [2.24, 2.45) is 0 Å². The first-order valence-corrected chi connectivity index (χ1v) is 6.68. The number of aromatic nitrogens is 3. The molecule has 0 bridgehead atoms. The zero-order valence-corrected chi connectivity index (χ0v) is 12.3. The maximum absolute atomic E-state index is 8.84. The fourth-order valence-electron chi connectivity index (χ4n) is 1.86. The van der Waals surface area contributed by atoms with Crippen molar-refractivity contribution in [2.75, 3.05) is 30.9 Å². The van der Waals surface area contributed by atoms with E-state index >= 15 is 0 Å². The molecule has 0 aliphatic carbocycles. The summed E-state index contributed by atoms with van der Waals surface area (Å²) < 4.78 is 1.61. The van der Waals surface area contributed by atoms with Crippen LogP contribution in [0.1, 0.15) is 5.69 Å². The Labute approximate surface area is 123 Å². The van der Waals surface area contributed by atoms with Gasteiger partial charge in [0.2, 0.25) is 0 Å². The summed E-state index contributed by atoms with van der Waals surface area (Å²) in [4.78, 5) is 2.02. The van der Waals surface area contributed by atoms with Gasteiger partial charge in [0, 0.05) is 19.1 Å². The second kappa shape index (κ2) is 6.58. The van der Waals surface area contributed by atoms with Crippen molar-refractivity contribution in [2.45, 2.75) is 13.1 Å². The maximum atomic E-state index is 8.84. The van der Waals surface area contributed by atoms with Crippen LogP contribution in [0.3, 0.4) is 0 Å². The fourth-order valence-corrected chi connectivity index (χ4v) is 2.03. The molecule has 0 spiro atoms. The van der Waals surface area contributed by atoms with Gasteiger partial charge in [0.15, 0.2) is 0 Å². The van der Waals surface area contributed by atoms with E-state index in [0.717, 1.165) is 17.1 Å². The molecule has 7 heteroatoms. The molecule has 2 aromatic rings. The molecule has 108 valence electrons. The third-order valence-corrected chi connectivity index (χ3v) is 3.05. The van der Waals surface area contributed by atoms with Crippen LogP contribution >= 0.6 is 11.6 Å². The number of nitrogens with zero attached hydrogens (tertiary/aromatic N) is 4. The molecule has 0 aliphatic rings. The van der Waals surface area contributed by atoms with Crippen molar-refractivity contribution >= 4 is 23.0 Å². The van der Waals surface area contributed by atoms with Gasteiger partial charge in [-0.2, -0.15) is 0 Å². The van der Waals surface area contributed by atoms with E-state index in [1.54, 1.807) is 4.68 Å².